The average molecular weight is 341 g/mol. The smallest absolute Gasteiger partial charge is 0.272 e. The molecule has 1 aromatic heterocycles. The zero-order valence-electron chi connectivity index (χ0n) is 10.1. The number of benzene rings is 1. The Bertz CT molecular complexity index is 571. The van der Waals surface area contributed by atoms with Crippen molar-refractivity contribution in [2.24, 2.45) is 0 Å². The Morgan fingerprint density at radius 1 is 1.32 bits per heavy atom. The van der Waals surface area contributed by atoms with Crippen molar-refractivity contribution < 1.29 is 4.92 Å². The lowest BCUT2D eigenvalue weighted by Gasteiger charge is -2.05. The van der Waals surface area contributed by atoms with E-state index in [4.69, 9.17) is 0 Å². The fraction of sp³-hybridized carbons (Fsp3) is 0.231. The highest BCUT2D eigenvalue weighted by Crippen LogP contribution is 2.22. The highest BCUT2D eigenvalue weighted by molar-refractivity contribution is 9.10. The van der Waals surface area contributed by atoms with Gasteiger partial charge in [0, 0.05) is 27.5 Å². The molecule has 1 heterocycles. The van der Waals surface area contributed by atoms with Crippen LogP contribution in [0.4, 0.5) is 5.69 Å². The number of rotatable bonds is 6. The third-order valence-electron chi connectivity index (χ3n) is 2.74. The lowest BCUT2D eigenvalue weighted by molar-refractivity contribution is -0.385. The first-order valence-corrected chi connectivity index (χ1v) is 7.50. The van der Waals surface area contributed by atoms with Crippen LogP contribution in [0.15, 0.2) is 40.2 Å². The SMILES string of the molecule is O=[N+]([O-])c1ccccc1CCNCc1sccc1Br. The minimum atomic E-state index is -0.328. The molecule has 100 valence electrons. The summed E-state index contributed by atoms with van der Waals surface area (Å²) in [4.78, 5) is 11.8. The van der Waals surface area contributed by atoms with Crippen molar-refractivity contribution in [2.45, 2.75) is 13.0 Å². The number of nitrogens with zero attached hydrogens (tertiary/aromatic N) is 1. The number of thiophene rings is 1. The average Bonchev–Trinajstić information content (AvgIpc) is 2.80. The molecule has 0 radical (unpaired) electrons. The van der Waals surface area contributed by atoms with Gasteiger partial charge in [0.25, 0.3) is 5.69 Å². The topological polar surface area (TPSA) is 55.2 Å². The molecule has 19 heavy (non-hydrogen) atoms. The van der Waals surface area contributed by atoms with Crippen molar-refractivity contribution in [3.63, 3.8) is 0 Å². The Labute approximate surface area is 123 Å². The van der Waals surface area contributed by atoms with E-state index in [9.17, 15) is 10.1 Å². The maximum Gasteiger partial charge on any atom is 0.272 e. The maximum atomic E-state index is 10.9. The Morgan fingerprint density at radius 2 is 2.11 bits per heavy atom. The van der Waals surface area contributed by atoms with Gasteiger partial charge >= 0.3 is 0 Å². The van der Waals surface area contributed by atoms with Crippen molar-refractivity contribution in [3.8, 4) is 0 Å². The summed E-state index contributed by atoms with van der Waals surface area (Å²) in [6.07, 6.45) is 0.653. The van der Waals surface area contributed by atoms with Crippen LogP contribution in [-0.4, -0.2) is 11.5 Å². The van der Waals surface area contributed by atoms with E-state index in [0.29, 0.717) is 6.42 Å². The van der Waals surface area contributed by atoms with Crippen LogP contribution < -0.4 is 5.32 Å². The van der Waals surface area contributed by atoms with Crippen LogP contribution in [0.1, 0.15) is 10.4 Å². The number of para-hydroxylation sites is 1. The molecule has 0 spiro atoms. The molecule has 0 atom stereocenters. The monoisotopic (exact) mass is 340 g/mol. The molecule has 0 fully saturated rings. The third-order valence-corrected chi connectivity index (χ3v) is 4.66. The van der Waals surface area contributed by atoms with Gasteiger partial charge in [-0.3, -0.25) is 10.1 Å². The molecule has 2 rings (SSSR count). The second-order valence-corrected chi connectivity index (χ2v) is 5.86. The quantitative estimate of drug-likeness (QED) is 0.495. The minimum Gasteiger partial charge on any atom is -0.311 e. The van der Waals surface area contributed by atoms with E-state index in [-0.39, 0.29) is 10.6 Å². The highest BCUT2D eigenvalue weighted by Gasteiger charge is 2.11. The largest absolute Gasteiger partial charge is 0.311 e. The second-order valence-electron chi connectivity index (χ2n) is 4.00. The first kappa shape index (κ1) is 14.2. The zero-order chi connectivity index (χ0) is 13.7. The predicted octanol–water partition coefficient (Wildman–Crippen LogP) is 3.75. The Morgan fingerprint density at radius 3 is 2.79 bits per heavy atom. The van der Waals surface area contributed by atoms with Gasteiger partial charge in [0.1, 0.15) is 0 Å². The number of hydrogen-bond acceptors (Lipinski definition) is 4. The molecule has 0 aliphatic rings. The number of nitrogens with one attached hydrogen (secondary N) is 1. The van der Waals surface area contributed by atoms with Gasteiger partial charge in [-0.25, -0.2) is 0 Å². The summed E-state index contributed by atoms with van der Waals surface area (Å²) < 4.78 is 1.11. The van der Waals surface area contributed by atoms with Gasteiger partial charge in [0.05, 0.1) is 4.92 Å². The summed E-state index contributed by atoms with van der Waals surface area (Å²) in [6.45, 7) is 1.49. The van der Waals surface area contributed by atoms with Crippen molar-refractivity contribution in [2.75, 3.05) is 6.54 Å². The molecule has 6 heteroatoms. The lowest BCUT2D eigenvalue weighted by Crippen LogP contribution is -2.16. The van der Waals surface area contributed by atoms with Crippen LogP contribution in [0.2, 0.25) is 0 Å². The first-order valence-electron chi connectivity index (χ1n) is 5.83. The lowest BCUT2D eigenvalue weighted by atomic mass is 10.1. The van der Waals surface area contributed by atoms with Crippen LogP contribution in [0.5, 0.6) is 0 Å². The standard InChI is InChI=1S/C13H13BrN2O2S/c14-11-6-8-19-13(11)9-15-7-5-10-3-1-2-4-12(10)16(17)18/h1-4,6,8,15H,5,7,9H2. The predicted molar refractivity (Wildman–Crippen MR) is 80.5 cm³/mol. The van der Waals surface area contributed by atoms with E-state index < -0.39 is 0 Å². The minimum absolute atomic E-state index is 0.196. The normalized spacial score (nSPS) is 10.6. The fourth-order valence-corrected chi connectivity index (χ4v) is 3.24. The molecule has 0 amide bonds. The molecule has 1 aromatic carbocycles. The maximum absolute atomic E-state index is 10.9. The molecule has 1 N–H and O–H groups in total. The Balaban J connectivity index is 1.86. The molecular formula is C13H13BrN2O2S. The number of nitro benzene ring substituents is 1. The molecule has 0 unspecified atom stereocenters. The second kappa shape index (κ2) is 6.79. The van der Waals surface area contributed by atoms with Crippen molar-refractivity contribution >= 4 is 33.0 Å². The summed E-state index contributed by atoms with van der Waals surface area (Å²) in [5, 5.41) is 16.2. The van der Waals surface area contributed by atoms with Crippen molar-refractivity contribution in [3.05, 3.63) is 60.7 Å². The summed E-state index contributed by atoms with van der Waals surface area (Å²) in [7, 11) is 0. The molecule has 0 saturated carbocycles. The first-order chi connectivity index (χ1) is 9.18. The molecule has 0 aliphatic heterocycles. The van der Waals surface area contributed by atoms with Crippen LogP contribution in [-0.2, 0) is 13.0 Å². The van der Waals surface area contributed by atoms with Gasteiger partial charge in [0.2, 0.25) is 0 Å². The van der Waals surface area contributed by atoms with Gasteiger partial charge in [-0.05, 0) is 40.3 Å². The van der Waals surface area contributed by atoms with Crippen molar-refractivity contribution in [1.29, 1.82) is 0 Å². The Hall–Kier alpha value is -1.24. The van der Waals surface area contributed by atoms with Gasteiger partial charge in [-0.1, -0.05) is 18.2 Å². The van der Waals surface area contributed by atoms with Gasteiger partial charge in [-0.2, -0.15) is 0 Å². The summed E-state index contributed by atoms with van der Waals surface area (Å²) in [6, 6.07) is 8.89. The van der Waals surface area contributed by atoms with E-state index in [1.165, 1.54) is 4.88 Å². The number of hydrogen-bond donors (Lipinski definition) is 1. The summed E-state index contributed by atoms with van der Waals surface area (Å²) in [5.41, 5.74) is 0.965. The summed E-state index contributed by atoms with van der Waals surface area (Å²) in [5.74, 6) is 0. The van der Waals surface area contributed by atoms with Crippen LogP contribution in [0, 0.1) is 10.1 Å². The molecular weight excluding hydrogens is 328 g/mol. The van der Waals surface area contributed by atoms with Gasteiger partial charge < -0.3 is 5.32 Å². The van der Waals surface area contributed by atoms with Crippen LogP contribution >= 0.6 is 27.3 Å². The molecule has 0 aliphatic carbocycles. The number of halogens is 1. The van der Waals surface area contributed by atoms with Crippen LogP contribution in [0.25, 0.3) is 0 Å². The van der Waals surface area contributed by atoms with Gasteiger partial charge in [0.15, 0.2) is 0 Å². The molecule has 2 aromatic rings. The van der Waals surface area contributed by atoms with Crippen LogP contribution in [0.3, 0.4) is 0 Å². The zero-order valence-corrected chi connectivity index (χ0v) is 12.5. The third kappa shape index (κ3) is 3.86. The fourth-order valence-electron chi connectivity index (χ4n) is 1.78. The molecule has 4 nitrogen and oxygen atoms in total. The van der Waals surface area contributed by atoms with E-state index in [1.54, 1.807) is 29.5 Å². The Kier molecular flexibility index (Phi) is 5.07. The summed E-state index contributed by atoms with van der Waals surface area (Å²) >= 11 is 5.16. The highest BCUT2D eigenvalue weighted by atomic mass is 79.9. The number of nitro groups is 1. The van der Waals surface area contributed by atoms with Crippen molar-refractivity contribution in [1.82, 2.24) is 5.32 Å². The molecule has 0 bridgehead atoms. The van der Waals surface area contributed by atoms with Gasteiger partial charge in [-0.15, -0.1) is 11.3 Å². The van der Waals surface area contributed by atoms with E-state index in [1.807, 2.05) is 17.5 Å². The van der Waals surface area contributed by atoms with E-state index in [2.05, 4.69) is 21.2 Å². The molecule has 0 saturated heterocycles. The van der Waals surface area contributed by atoms with E-state index >= 15 is 0 Å². The van der Waals surface area contributed by atoms with E-state index in [0.717, 1.165) is 23.1 Å².